The van der Waals surface area contributed by atoms with Crippen LogP contribution in [0.15, 0.2) is 30.5 Å². The van der Waals surface area contributed by atoms with Gasteiger partial charge in [0.2, 0.25) is 0 Å². The van der Waals surface area contributed by atoms with Gasteiger partial charge in [0, 0.05) is 11.8 Å². The highest BCUT2D eigenvalue weighted by molar-refractivity contribution is 7.22. The first-order chi connectivity index (χ1) is 9.17. The number of nitrogen functional groups attached to an aromatic ring is 1. The van der Waals surface area contributed by atoms with Gasteiger partial charge in [0.25, 0.3) is 0 Å². The maximum absolute atomic E-state index is 9.08. The number of aliphatic hydroxyl groups is 1. The molecule has 3 aromatic rings. The predicted molar refractivity (Wildman–Crippen MR) is 77.9 cm³/mol. The Hall–Kier alpha value is -1.98. The van der Waals surface area contributed by atoms with Crippen molar-refractivity contribution in [1.29, 1.82) is 0 Å². The van der Waals surface area contributed by atoms with Crippen LogP contribution in [0.1, 0.15) is 11.3 Å². The first kappa shape index (κ1) is 12.1. The van der Waals surface area contributed by atoms with Crippen LogP contribution >= 0.6 is 11.3 Å². The summed E-state index contributed by atoms with van der Waals surface area (Å²) in [6, 6.07) is 7.99. The maximum atomic E-state index is 9.08. The molecule has 0 aliphatic heterocycles. The smallest absolute Gasteiger partial charge is 0.181 e. The third kappa shape index (κ3) is 2.18. The van der Waals surface area contributed by atoms with Gasteiger partial charge >= 0.3 is 0 Å². The molecule has 0 aliphatic carbocycles. The number of nitrogens with two attached hydrogens (primary N) is 1. The van der Waals surface area contributed by atoms with E-state index < -0.39 is 0 Å². The van der Waals surface area contributed by atoms with Gasteiger partial charge in [0.15, 0.2) is 5.13 Å². The fourth-order valence-electron chi connectivity index (χ4n) is 2.12. The van der Waals surface area contributed by atoms with Crippen molar-refractivity contribution in [3.8, 4) is 11.1 Å². The molecular formula is C14H13N3OS. The van der Waals surface area contributed by atoms with Crippen molar-refractivity contribution in [2.45, 2.75) is 13.5 Å². The molecule has 0 atom stereocenters. The van der Waals surface area contributed by atoms with Crippen LogP contribution in [0, 0.1) is 6.92 Å². The van der Waals surface area contributed by atoms with Crippen LogP contribution in [0.5, 0.6) is 0 Å². The van der Waals surface area contributed by atoms with E-state index >= 15 is 0 Å². The molecule has 19 heavy (non-hydrogen) atoms. The predicted octanol–water partition coefficient (Wildman–Crippen LogP) is 2.74. The summed E-state index contributed by atoms with van der Waals surface area (Å²) in [5.41, 5.74) is 10.5. The second-order valence-corrected chi connectivity index (χ2v) is 5.45. The zero-order valence-corrected chi connectivity index (χ0v) is 11.2. The molecule has 0 bridgehead atoms. The number of nitrogens with zero attached hydrogens (tertiary/aromatic N) is 2. The normalized spacial score (nSPS) is 11.1. The molecule has 3 rings (SSSR count). The highest BCUT2D eigenvalue weighted by Gasteiger charge is 2.07. The number of anilines is 1. The summed E-state index contributed by atoms with van der Waals surface area (Å²) in [6.45, 7) is 1.97. The van der Waals surface area contributed by atoms with E-state index in [4.69, 9.17) is 10.8 Å². The van der Waals surface area contributed by atoms with Crippen LogP contribution in [-0.4, -0.2) is 15.1 Å². The van der Waals surface area contributed by atoms with Crippen molar-refractivity contribution in [2.24, 2.45) is 0 Å². The summed E-state index contributed by atoms with van der Waals surface area (Å²) in [7, 11) is 0. The van der Waals surface area contributed by atoms with E-state index in [0.29, 0.717) is 10.8 Å². The SMILES string of the molecule is Cc1cc(CO)ncc1-c1ccc2sc(N)nc2c1. The molecule has 0 fully saturated rings. The largest absolute Gasteiger partial charge is 0.390 e. The standard InChI is InChI=1S/C14H13N3OS/c1-8-4-10(7-18)16-6-11(8)9-2-3-13-12(5-9)17-14(15)19-13/h2-6,18H,7H2,1H3,(H2,15,17). The molecule has 0 saturated heterocycles. The van der Waals surface area contributed by atoms with E-state index in [-0.39, 0.29) is 6.61 Å². The summed E-state index contributed by atoms with van der Waals surface area (Å²) in [4.78, 5) is 8.53. The van der Waals surface area contributed by atoms with E-state index in [2.05, 4.69) is 9.97 Å². The lowest BCUT2D eigenvalue weighted by molar-refractivity contribution is 0.277. The highest BCUT2D eigenvalue weighted by Crippen LogP contribution is 2.30. The number of benzene rings is 1. The average Bonchev–Trinajstić information content (AvgIpc) is 2.77. The molecule has 4 nitrogen and oxygen atoms in total. The molecule has 0 unspecified atom stereocenters. The molecule has 2 heterocycles. The molecule has 5 heteroatoms. The fraction of sp³-hybridized carbons (Fsp3) is 0.143. The number of rotatable bonds is 2. The summed E-state index contributed by atoms with van der Waals surface area (Å²) in [5, 5.41) is 9.66. The van der Waals surface area contributed by atoms with Crippen LogP contribution in [0.4, 0.5) is 5.13 Å². The molecule has 0 spiro atoms. The minimum Gasteiger partial charge on any atom is -0.390 e. The lowest BCUT2D eigenvalue weighted by atomic mass is 10.0. The fourth-order valence-corrected chi connectivity index (χ4v) is 2.83. The first-order valence-electron chi connectivity index (χ1n) is 5.90. The number of aryl methyl sites for hydroxylation is 1. The molecule has 0 aliphatic rings. The van der Waals surface area contributed by atoms with Crippen molar-refractivity contribution in [3.05, 3.63) is 41.7 Å². The quantitative estimate of drug-likeness (QED) is 0.751. The van der Waals surface area contributed by atoms with Gasteiger partial charge in [-0.05, 0) is 36.2 Å². The summed E-state index contributed by atoms with van der Waals surface area (Å²) in [5.74, 6) is 0. The Bertz CT molecular complexity index is 752. The van der Waals surface area contributed by atoms with Gasteiger partial charge in [-0.2, -0.15) is 0 Å². The number of fused-ring (bicyclic) bond motifs is 1. The van der Waals surface area contributed by atoms with Crippen LogP contribution in [0.2, 0.25) is 0 Å². The zero-order valence-electron chi connectivity index (χ0n) is 10.4. The molecular weight excluding hydrogens is 258 g/mol. The number of pyridine rings is 1. The molecule has 96 valence electrons. The highest BCUT2D eigenvalue weighted by atomic mass is 32.1. The van der Waals surface area contributed by atoms with E-state index in [9.17, 15) is 0 Å². The Kier molecular flexibility index (Phi) is 2.93. The molecule has 3 N–H and O–H groups in total. The van der Waals surface area contributed by atoms with E-state index in [1.807, 2.05) is 31.2 Å². The Morgan fingerprint density at radius 1 is 1.32 bits per heavy atom. The molecule has 0 amide bonds. The van der Waals surface area contributed by atoms with Gasteiger partial charge in [0.1, 0.15) is 0 Å². The Balaban J connectivity index is 2.12. The van der Waals surface area contributed by atoms with Crippen LogP contribution < -0.4 is 5.73 Å². The van der Waals surface area contributed by atoms with Gasteiger partial charge in [-0.15, -0.1) is 0 Å². The topological polar surface area (TPSA) is 72.0 Å². The number of aliphatic hydroxyl groups excluding tert-OH is 1. The molecule has 0 radical (unpaired) electrons. The van der Waals surface area contributed by atoms with Crippen molar-refractivity contribution < 1.29 is 5.11 Å². The monoisotopic (exact) mass is 271 g/mol. The maximum Gasteiger partial charge on any atom is 0.181 e. The molecule has 1 aromatic carbocycles. The van der Waals surface area contributed by atoms with E-state index in [1.165, 1.54) is 11.3 Å². The van der Waals surface area contributed by atoms with E-state index in [0.717, 1.165) is 26.9 Å². The van der Waals surface area contributed by atoms with E-state index in [1.54, 1.807) is 6.20 Å². The second-order valence-electron chi connectivity index (χ2n) is 4.38. The summed E-state index contributed by atoms with van der Waals surface area (Å²) in [6.07, 6.45) is 1.79. The average molecular weight is 271 g/mol. The lowest BCUT2D eigenvalue weighted by Gasteiger charge is -2.07. The van der Waals surface area contributed by atoms with Gasteiger partial charge < -0.3 is 10.8 Å². The third-order valence-corrected chi connectivity index (χ3v) is 3.91. The van der Waals surface area contributed by atoms with Crippen LogP contribution in [-0.2, 0) is 6.61 Å². The van der Waals surface area contributed by atoms with Gasteiger partial charge in [0.05, 0.1) is 22.5 Å². The van der Waals surface area contributed by atoms with Crippen LogP contribution in [0.3, 0.4) is 0 Å². The first-order valence-corrected chi connectivity index (χ1v) is 6.72. The van der Waals surface area contributed by atoms with Crippen molar-refractivity contribution in [1.82, 2.24) is 9.97 Å². The minimum atomic E-state index is -0.0389. The Morgan fingerprint density at radius 2 is 2.16 bits per heavy atom. The van der Waals surface area contributed by atoms with Gasteiger partial charge in [-0.3, -0.25) is 4.98 Å². The number of thiazole rings is 1. The zero-order chi connectivity index (χ0) is 13.4. The molecule has 0 saturated carbocycles. The van der Waals surface area contributed by atoms with Crippen LogP contribution in [0.25, 0.3) is 21.3 Å². The van der Waals surface area contributed by atoms with Crippen molar-refractivity contribution in [2.75, 3.05) is 5.73 Å². The number of hydrogen-bond donors (Lipinski definition) is 2. The minimum absolute atomic E-state index is 0.0389. The van der Waals surface area contributed by atoms with Gasteiger partial charge in [-0.1, -0.05) is 17.4 Å². The lowest BCUT2D eigenvalue weighted by Crippen LogP contribution is -1.92. The third-order valence-electron chi connectivity index (χ3n) is 3.04. The van der Waals surface area contributed by atoms with Crippen molar-refractivity contribution >= 4 is 26.7 Å². The number of hydrogen-bond acceptors (Lipinski definition) is 5. The Labute approximate surface area is 114 Å². The summed E-state index contributed by atoms with van der Waals surface area (Å²) >= 11 is 1.48. The van der Waals surface area contributed by atoms with Crippen molar-refractivity contribution in [3.63, 3.8) is 0 Å². The summed E-state index contributed by atoms with van der Waals surface area (Å²) < 4.78 is 1.08. The second kappa shape index (κ2) is 4.60. The molecule has 2 aromatic heterocycles. The Morgan fingerprint density at radius 3 is 2.89 bits per heavy atom. The van der Waals surface area contributed by atoms with Gasteiger partial charge in [-0.25, -0.2) is 4.98 Å². The number of aromatic nitrogens is 2.